The summed E-state index contributed by atoms with van der Waals surface area (Å²) >= 11 is 0. The Labute approximate surface area is 336 Å². The van der Waals surface area contributed by atoms with E-state index in [2.05, 4.69) is 6.07 Å². The van der Waals surface area contributed by atoms with Crippen LogP contribution in [-0.2, 0) is 0 Å². The van der Waals surface area contributed by atoms with Gasteiger partial charge in [0.25, 0.3) is 0 Å². The minimum absolute atomic E-state index is 0.108. The first kappa shape index (κ1) is 24.8. The first-order valence-corrected chi connectivity index (χ1v) is 18.5. The highest BCUT2D eigenvalue weighted by atomic mass is 16.3. The summed E-state index contributed by atoms with van der Waals surface area (Å²) in [5.74, 6) is 0. The summed E-state index contributed by atoms with van der Waals surface area (Å²) in [6, 6.07) is 48.7. The topological polar surface area (TPSA) is 16.4 Å². The van der Waals surface area contributed by atoms with Gasteiger partial charge in [0.05, 0.1) is 11.0 Å². The van der Waals surface area contributed by atoms with E-state index in [1.54, 1.807) is 36.4 Å². The van der Waals surface area contributed by atoms with Crippen LogP contribution in [0.1, 0.15) is 11.0 Å². The van der Waals surface area contributed by atoms with E-state index in [0.29, 0.717) is 22.4 Å². The summed E-state index contributed by atoms with van der Waals surface area (Å²) in [7, 11) is 0. The van der Waals surface area contributed by atoms with Crippen molar-refractivity contribution in [3.63, 3.8) is 0 Å². The summed E-state index contributed by atoms with van der Waals surface area (Å²) < 4.78 is 83.0. The maximum Gasteiger partial charge on any atom is 0.143 e. The van der Waals surface area contributed by atoms with E-state index in [1.165, 1.54) is 4.90 Å². The normalized spacial score (nSPS) is 13.6. The molecule has 56 heavy (non-hydrogen) atoms. The van der Waals surface area contributed by atoms with E-state index < -0.39 is 24.2 Å². The maximum absolute atomic E-state index is 9.75. The molecular weight excluding hydrogens is 679 g/mol. The van der Waals surface area contributed by atoms with Crippen LogP contribution in [-0.4, -0.2) is 0 Å². The number of hydrogen-bond donors (Lipinski definition) is 0. The third kappa shape index (κ3) is 5.34. The monoisotopic (exact) mass is 721 g/mol. The van der Waals surface area contributed by atoms with Gasteiger partial charge in [0.2, 0.25) is 0 Å². The van der Waals surface area contributed by atoms with Crippen molar-refractivity contribution in [1.82, 2.24) is 0 Å². The van der Waals surface area contributed by atoms with Gasteiger partial charge in [-0.1, -0.05) is 158 Å². The second kappa shape index (κ2) is 13.2. The van der Waals surface area contributed by atoms with Crippen molar-refractivity contribution < 1.29 is 15.4 Å². The lowest BCUT2D eigenvalue weighted by Crippen LogP contribution is -2.10. The highest BCUT2D eigenvalue weighted by molar-refractivity contribution is 6.19. The fraction of sp³-hybridized carbons (Fsp3) is 0. The van der Waals surface area contributed by atoms with E-state index in [0.717, 1.165) is 59.8 Å². The van der Waals surface area contributed by atoms with E-state index in [9.17, 15) is 11.0 Å². The van der Waals surface area contributed by atoms with Crippen molar-refractivity contribution in [2.75, 3.05) is 4.90 Å². The molecule has 11 aromatic rings. The molecule has 0 bridgehead atoms. The number of hydrogen-bond acceptors (Lipinski definition) is 2. The van der Waals surface area contributed by atoms with Crippen molar-refractivity contribution in [2.45, 2.75) is 0 Å². The highest BCUT2D eigenvalue weighted by Crippen LogP contribution is 2.43. The minimum Gasteiger partial charge on any atom is -0.455 e. The highest BCUT2D eigenvalue weighted by Gasteiger charge is 2.18. The van der Waals surface area contributed by atoms with Crippen LogP contribution in [0.5, 0.6) is 0 Å². The van der Waals surface area contributed by atoms with Gasteiger partial charge in [-0.15, -0.1) is 0 Å². The van der Waals surface area contributed by atoms with Gasteiger partial charge in [0.15, 0.2) is 0 Å². The molecule has 0 aliphatic heterocycles. The van der Waals surface area contributed by atoms with Crippen LogP contribution < -0.4 is 4.90 Å². The third-order valence-electron chi connectivity index (χ3n) is 10.6. The lowest BCUT2D eigenvalue weighted by atomic mass is 9.93. The molecule has 0 saturated heterocycles. The van der Waals surface area contributed by atoms with E-state index >= 15 is 0 Å². The van der Waals surface area contributed by atoms with Gasteiger partial charge in [-0.25, -0.2) is 0 Å². The average molecular weight is 722 g/mol. The Balaban J connectivity index is 1.18. The molecule has 11 rings (SSSR count). The van der Waals surface area contributed by atoms with Crippen LogP contribution in [0.4, 0.5) is 17.1 Å². The zero-order chi connectivity index (χ0) is 44.0. The van der Waals surface area contributed by atoms with Crippen molar-refractivity contribution in [1.29, 1.82) is 0 Å². The Morgan fingerprint density at radius 2 is 0.982 bits per heavy atom. The predicted molar refractivity (Wildman–Crippen MR) is 237 cm³/mol. The zero-order valence-electron chi connectivity index (χ0n) is 37.9. The molecule has 2 nitrogen and oxygen atoms in total. The zero-order valence-corrected chi connectivity index (χ0v) is 29.9. The molecule has 0 saturated carbocycles. The third-order valence-corrected chi connectivity index (χ3v) is 10.6. The molecule has 0 unspecified atom stereocenters. The van der Waals surface area contributed by atoms with E-state index in [-0.39, 0.29) is 46.7 Å². The van der Waals surface area contributed by atoms with Gasteiger partial charge in [-0.2, -0.15) is 0 Å². The molecule has 1 aromatic heterocycles. The molecule has 0 atom stereocenters. The molecule has 2 heteroatoms. The van der Waals surface area contributed by atoms with Crippen LogP contribution in [0.25, 0.3) is 87.6 Å². The molecule has 0 spiro atoms. The minimum atomic E-state index is -0.405. The van der Waals surface area contributed by atoms with Gasteiger partial charge < -0.3 is 9.32 Å². The molecule has 0 aliphatic rings. The average Bonchev–Trinajstić information content (AvgIpc) is 3.73. The van der Waals surface area contributed by atoms with Crippen LogP contribution in [0.15, 0.2) is 217 Å². The van der Waals surface area contributed by atoms with Crippen LogP contribution in [0.3, 0.4) is 0 Å². The van der Waals surface area contributed by atoms with E-state index in [1.807, 2.05) is 121 Å². The number of nitrogens with zero attached hydrogens (tertiary/aromatic N) is 1. The van der Waals surface area contributed by atoms with Crippen LogP contribution in [0.2, 0.25) is 0 Å². The summed E-state index contributed by atoms with van der Waals surface area (Å²) in [6.45, 7) is 0. The SMILES string of the molecule is [2H]c1c([2H])c(N(c2cccc(-c3cccc4oc5c6ccccc6ccc5c34)c2)c2c([2H])c([2H])c(-c3cc4ccccc4c4ccccc34)c([2H])c2[2H])c([2H])c([2H])c1-c1ccccc1. The first-order chi connectivity index (χ1) is 31.1. The Hall–Kier alpha value is -7.42. The van der Waals surface area contributed by atoms with Gasteiger partial charge in [0.1, 0.15) is 11.2 Å². The Bertz CT molecular complexity index is 3670. The van der Waals surface area contributed by atoms with Crippen LogP contribution in [0, 0.1) is 0 Å². The van der Waals surface area contributed by atoms with Crippen LogP contribution >= 0.6 is 0 Å². The van der Waals surface area contributed by atoms with Crippen molar-refractivity contribution in [3.05, 3.63) is 212 Å². The number of furan rings is 1. The first-order valence-electron chi connectivity index (χ1n) is 22.5. The molecule has 0 fully saturated rings. The van der Waals surface area contributed by atoms with Crippen molar-refractivity contribution in [2.24, 2.45) is 0 Å². The van der Waals surface area contributed by atoms with Crippen molar-refractivity contribution >= 4 is 71.3 Å². The molecule has 0 N–H and O–H groups in total. The van der Waals surface area contributed by atoms with Gasteiger partial charge in [-0.05, 0) is 115 Å². The summed E-state index contributed by atoms with van der Waals surface area (Å²) in [5.41, 5.74) is 4.12. The molecular formula is C54H35NO. The summed E-state index contributed by atoms with van der Waals surface area (Å²) in [6.07, 6.45) is 0. The van der Waals surface area contributed by atoms with Gasteiger partial charge >= 0.3 is 0 Å². The number of fused-ring (bicyclic) bond motifs is 8. The molecule has 262 valence electrons. The summed E-state index contributed by atoms with van der Waals surface area (Å²) in [4.78, 5) is 1.36. The van der Waals surface area contributed by atoms with Gasteiger partial charge in [0, 0.05) is 33.2 Å². The molecule has 0 radical (unpaired) electrons. The largest absolute Gasteiger partial charge is 0.455 e. The van der Waals surface area contributed by atoms with Gasteiger partial charge in [-0.3, -0.25) is 0 Å². The Kier molecular flexibility index (Phi) is 5.83. The number of anilines is 3. The molecule has 0 aliphatic carbocycles. The molecule has 0 amide bonds. The fourth-order valence-corrected chi connectivity index (χ4v) is 7.96. The molecule has 1 heterocycles. The second-order valence-electron chi connectivity index (χ2n) is 13.8. The lowest BCUT2D eigenvalue weighted by molar-refractivity contribution is 0.673. The fourth-order valence-electron chi connectivity index (χ4n) is 7.96. The maximum atomic E-state index is 9.75. The van der Waals surface area contributed by atoms with E-state index in [4.69, 9.17) is 4.42 Å². The molecule has 10 aromatic carbocycles. The Morgan fingerprint density at radius 1 is 0.357 bits per heavy atom. The number of rotatable bonds is 6. The second-order valence-corrected chi connectivity index (χ2v) is 13.8. The predicted octanol–water partition coefficient (Wildman–Crippen LogP) is 15.5. The Morgan fingerprint density at radius 3 is 1.77 bits per heavy atom. The standard InChI is InChI=1S/C54H35NO/c1-2-12-36(13-3-1)37-24-29-42(30-25-37)55(43-31-26-39(27-32-43)51-35-41-15-5-6-18-45(41)48-20-8-9-21-49(48)51)44-17-10-16-40(34-44)46-22-11-23-52-53(46)50-33-28-38-14-4-7-19-47(38)54(50)56-52/h1-35H/i24D,25D,26D,27D,29D,30D,31D,32D. The quantitative estimate of drug-likeness (QED) is 0.159. The summed E-state index contributed by atoms with van der Waals surface area (Å²) in [5, 5.41) is 7.37. The van der Waals surface area contributed by atoms with Crippen molar-refractivity contribution in [3.8, 4) is 33.4 Å². The number of benzene rings is 10. The lowest BCUT2D eigenvalue weighted by Gasteiger charge is -2.26. The smallest absolute Gasteiger partial charge is 0.143 e.